The van der Waals surface area contributed by atoms with Crippen molar-refractivity contribution in [1.82, 2.24) is 0 Å². The molecule has 0 aliphatic rings. The molecular formula is C45H72O6. The van der Waals surface area contributed by atoms with Gasteiger partial charge in [0.1, 0.15) is 11.5 Å². The molecule has 2 rings (SSSR count). The molecule has 2 N–H and O–H groups in total. The van der Waals surface area contributed by atoms with Gasteiger partial charge in [-0.1, -0.05) is 132 Å². The number of rotatable bonds is 20. The summed E-state index contributed by atoms with van der Waals surface area (Å²) in [6.45, 7) is 24.8. The van der Waals surface area contributed by atoms with Crippen molar-refractivity contribution in [3.05, 3.63) is 56.6 Å². The zero-order chi connectivity index (χ0) is 38.6. The van der Waals surface area contributed by atoms with E-state index in [1.54, 1.807) is 0 Å². The fraction of sp³-hybridized carbons (Fsp3) is 0.689. The fourth-order valence-corrected chi connectivity index (χ4v) is 6.91. The molecule has 0 aromatic heterocycles. The second-order valence-electron chi connectivity index (χ2n) is 17.1. The van der Waals surface area contributed by atoms with Gasteiger partial charge in [0, 0.05) is 0 Å². The third kappa shape index (κ3) is 12.0. The van der Waals surface area contributed by atoms with Gasteiger partial charge in [-0.2, -0.15) is 0 Å². The Morgan fingerprint density at radius 1 is 0.529 bits per heavy atom. The fourth-order valence-electron chi connectivity index (χ4n) is 6.91. The quantitative estimate of drug-likeness (QED) is 0.0808. The summed E-state index contributed by atoms with van der Waals surface area (Å²) in [6, 6.07) is 3.92. The van der Waals surface area contributed by atoms with Crippen molar-refractivity contribution in [2.45, 2.75) is 184 Å². The number of benzene rings is 2. The van der Waals surface area contributed by atoms with E-state index in [1.807, 2.05) is 81.4 Å². The predicted octanol–water partition coefficient (Wildman–Crippen LogP) is 11.5. The first-order chi connectivity index (χ1) is 23.8. The number of phenols is 2. The van der Waals surface area contributed by atoms with E-state index in [9.17, 15) is 19.8 Å². The molecule has 6 nitrogen and oxygen atoms in total. The van der Waals surface area contributed by atoms with Crippen LogP contribution in [0.1, 0.15) is 177 Å². The van der Waals surface area contributed by atoms with Gasteiger partial charge in [0.05, 0.1) is 13.2 Å². The molecule has 0 aliphatic carbocycles. The molecule has 0 bridgehead atoms. The monoisotopic (exact) mass is 709 g/mol. The van der Waals surface area contributed by atoms with Gasteiger partial charge >= 0.3 is 11.9 Å². The third-order valence-corrected chi connectivity index (χ3v) is 10.8. The van der Waals surface area contributed by atoms with Crippen LogP contribution in [0.2, 0.25) is 0 Å². The van der Waals surface area contributed by atoms with Crippen LogP contribution in [0.15, 0.2) is 12.1 Å². The number of carbonyl (C=O) groups excluding carboxylic acids is 2. The van der Waals surface area contributed by atoms with Gasteiger partial charge in [-0.25, -0.2) is 0 Å². The van der Waals surface area contributed by atoms with E-state index in [2.05, 4.69) is 13.8 Å². The lowest BCUT2D eigenvalue weighted by molar-refractivity contribution is -0.173. The highest BCUT2D eigenvalue weighted by Gasteiger charge is 2.50. The van der Waals surface area contributed by atoms with Crippen molar-refractivity contribution in [1.29, 1.82) is 0 Å². The highest BCUT2D eigenvalue weighted by Crippen LogP contribution is 2.43. The largest absolute Gasteiger partial charge is 0.507 e. The second-order valence-corrected chi connectivity index (χ2v) is 17.1. The zero-order valence-electron chi connectivity index (χ0n) is 34.5. The average molecular weight is 709 g/mol. The average Bonchev–Trinajstić information content (AvgIpc) is 3.05. The maximum absolute atomic E-state index is 14.7. The summed E-state index contributed by atoms with van der Waals surface area (Å²) in [6.07, 6.45) is 12.7. The van der Waals surface area contributed by atoms with Crippen LogP contribution in [0.3, 0.4) is 0 Å². The van der Waals surface area contributed by atoms with E-state index in [1.165, 1.54) is 25.7 Å². The number of unbranched alkanes of at least 4 members (excludes halogenated alkanes) is 10. The first-order valence-corrected chi connectivity index (χ1v) is 19.8. The molecular weight excluding hydrogens is 636 g/mol. The molecule has 0 aliphatic heterocycles. The Hall–Kier alpha value is -3.02. The van der Waals surface area contributed by atoms with Crippen LogP contribution in [0.25, 0.3) is 0 Å². The number of hydrogen-bond donors (Lipinski definition) is 2. The van der Waals surface area contributed by atoms with Gasteiger partial charge in [0.15, 0.2) is 5.41 Å². The molecule has 0 radical (unpaired) electrons. The van der Waals surface area contributed by atoms with E-state index in [4.69, 9.17) is 9.47 Å². The van der Waals surface area contributed by atoms with Crippen LogP contribution in [0, 0.1) is 33.1 Å². The van der Waals surface area contributed by atoms with E-state index >= 15 is 0 Å². The minimum Gasteiger partial charge on any atom is -0.507 e. The Kier molecular flexibility index (Phi) is 17.1. The molecule has 0 fully saturated rings. The normalized spacial score (nSPS) is 12.3. The van der Waals surface area contributed by atoms with Crippen molar-refractivity contribution in [3.63, 3.8) is 0 Å². The smallest absolute Gasteiger partial charge is 0.324 e. The number of hydrogen-bond acceptors (Lipinski definition) is 6. The van der Waals surface area contributed by atoms with Gasteiger partial charge in [-0.15, -0.1) is 0 Å². The van der Waals surface area contributed by atoms with Crippen LogP contribution in [0.4, 0.5) is 0 Å². The van der Waals surface area contributed by atoms with Gasteiger partial charge in [-0.3, -0.25) is 9.59 Å². The summed E-state index contributed by atoms with van der Waals surface area (Å²) >= 11 is 0. The van der Waals surface area contributed by atoms with Crippen LogP contribution in [-0.2, 0) is 42.7 Å². The number of aromatic hydroxyl groups is 2. The lowest BCUT2D eigenvalue weighted by Gasteiger charge is -2.33. The van der Waals surface area contributed by atoms with Crippen LogP contribution in [-0.4, -0.2) is 35.4 Å². The maximum atomic E-state index is 14.7. The molecule has 2 aromatic rings. The van der Waals surface area contributed by atoms with Crippen LogP contribution >= 0.6 is 0 Å². The number of esters is 2. The first-order valence-electron chi connectivity index (χ1n) is 19.8. The summed E-state index contributed by atoms with van der Waals surface area (Å²) in [5, 5.41) is 22.4. The maximum Gasteiger partial charge on any atom is 0.324 e. The lowest BCUT2D eigenvalue weighted by Crippen LogP contribution is -2.46. The Labute approximate surface area is 311 Å². The van der Waals surface area contributed by atoms with E-state index in [-0.39, 0.29) is 48.4 Å². The molecule has 0 atom stereocenters. The van der Waals surface area contributed by atoms with Gasteiger partial charge in [0.25, 0.3) is 0 Å². The zero-order valence-corrected chi connectivity index (χ0v) is 34.5. The van der Waals surface area contributed by atoms with Crippen LogP contribution < -0.4 is 0 Å². The molecule has 288 valence electrons. The molecule has 2 aromatic carbocycles. The van der Waals surface area contributed by atoms with Crippen molar-refractivity contribution < 1.29 is 29.3 Å². The minimum absolute atomic E-state index is 0.0674. The molecule has 0 saturated carbocycles. The number of ether oxygens (including phenoxy) is 2. The van der Waals surface area contributed by atoms with Gasteiger partial charge < -0.3 is 19.7 Å². The molecule has 0 saturated heterocycles. The Morgan fingerprint density at radius 2 is 0.843 bits per heavy atom. The number of carbonyl (C=O) groups is 2. The van der Waals surface area contributed by atoms with Crippen molar-refractivity contribution in [3.8, 4) is 11.5 Å². The molecule has 6 heteroatoms. The summed E-state index contributed by atoms with van der Waals surface area (Å²) in [5.74, 6) is -0.668. The summed E-state index contributed by atoms with van der Waals surface area (Å²) < 4.78 is 12.2. The predicted molar refractivity (Wildman–Crippen MR) is 211 cm³/mol. The van der Waals surface area contributed by atoms with E-state index < -0.39 is 17.4 Å². The topological polar surface area (TPSA) is 93.1 Å². The SMILES string of the molecule is CCCCCCCCOC(=O)C(Cc1cc(C(C)(C)C)c(O)c(C)c1C)(Cc1cc(C(C)(C)C)c(O)c(C)c1C)C(=O)OCCCCCCCC. The summed E-state index contributed by atoms with van der Waals surface area (Å²) in [5.41, 5.74) is 3.88. The van der Waals surface area contributed by atoms with E-state index in [0.717, 1.165) is 95.9 Å². The van der Waals surface area contributed by atoms with Crippen molar-refractivity contribution in [2.24, 2.45) is 5.41 Å². The minimum atomic E-state index is -1.68. The molecule has 0 spiro atoms. The van der Waals surface area contributed by atoms with E-state index in [0.29, 0.717) is 0 Å². The highest BCUT2D eigenvalue weighted by atomic mass is 16.6. The third-order valence-electron chi connectivity index (χ3n) is 10.8. The Bertz CT molecular complexity index is 1330. The summed E-state index contributed by atoms with van der Waals surface area (Å²) in [7, 11) is 0. The number of phenolic OH excluding ortho intramolecular Hbond substituents is 2. The highest BCUT2D eigenvalue weighted by molar-refractivity contribution is 6.01. The standard InChI is InChI=1S/C45H72O6/c1-13-15-17-19-21-23-25-50-41(48)45(42(49)51-26-24-22-20-18-16-14-2,29-35-27-37(43(7,8)9)39(46)33(5)31(35)3)30-36-28-38(44(10,11)12)40(47)34(6)32(36)4/h27-28,46-47H,13-26,29-30H2,1-12H3. The Balaban J connectivity index is 2.75. The van der Waals surface area contributed by atoms with Gasteiger partial charge in [0.2, 0.25) is 0 Å². The molecule has 0 heterocycles. The molecule has 0 unspecified atom stereocenters. The van der Waals surface area contributed by atoms with Crippen LogP contribution in [0.5, 0.6) is 11.5 Å². The lowest BCUT2D eigenvalue weighted by atomic mass is 9.72. The summed E-state index contributed by atoms with van der Waals surface area (Å²) in [4.78, 5) is 29.5. The molecule has 51 heavy (non-hydrogen) atoms. The van der Waals surface area contributed by atoms with Gasteiger partial charge in [-0.05, 0) is 109 Å². The second kappa shape index (κ2) is 19.7. The Morgan fingerprint density at radius 3 is 1.16 bits per heavy atom. The first kappa shape index (κ1) is 44.1. The van der Waals surface area contributed by atoms with Crippen molar-refractivity contribution >= 4 is 11.9 Å². The van der Waals surface area contributed by atoms with Crippen molar-refractivity contribution in [2.75, 3.05) is 13.2 Å². The molecule has 0 amide bonds.